The van der Waals surface area contributed by atoms with Crippen molar-refractivity contribution in [2.24, 2.45) is 0 Å². The highest BCUT2D eigenvalue weighted by atomic mass is 19.4. The van der Waals surface area contributed by atoms with Gasteiger partial charge in [0.2, 0.25) is 11.8 Å². The first-order valence-corrected chi connectivity index (χ1v) is 10.5. The number of hydrogen-bond acceptors (Lipinski definition) is 4. The molecule has 0 spiro atoms. The molecule has 0 bridgehead atoms. The monoisotopic (exact) mass is 460 g/mol. The summed E-state index contributed by atoms with van der Waals surface area (Å²) in [6.45, 7) is 0.425. The van der Waals surface area contributed by atoms with Gasteiger partial charge in [-0.2, -0.15) is 13.2 Å². The van der Waals surface area contributed by atoms with E-state index in [2.05, 4.69) is 16.0 Å². The molecule has 1 saturated heterocycles. The topological polar surface area (TPSA) is 90.5 Å². The molecule has 2 unspecified atom stereocenters. The van der Waals surface area contributed by atoms with E-state index in [9.17, 15) is 27.6 Å². The molecule has 2 aliphatic heterocycles. The Morgan fingerprint density at radius 1 is 1.15 bits per heavy atom. The zero-order chi connectivity index (χ0) is 23.8. The summed E-state index contributed by atoms with van der Waals surface area (Å²) in [5.41, 5.74) is 0.509. The highest BCUT2D eigenvalue weighted by molar-refractivity contribution is 6.10. The summed E-state index contributed by atoms with van der Waals surface area (Å²) in [4.78, 5) is 39.5. The first-order chi connectivity index (χ1) is 15.7. The van der Waals surface area contributed by atoms with Gasteiger partial charge in [-0.1, -0.05) is 18.2 Å². The van der Waals surface area contributed by atoms with E-state index in [0.29, 0.717) is 23.2 Å². The lowest BCUT2D eigenvalue weighted by molar-refractivity contribution is -0.137. The summed E-state index contributed by atoms with van der Waals surface area (Å²) >= 11 is 0. The molecule has 4 rings (SSSR count). The van der Waals surface area contributed by atoms with Crippen molar-refractivity contribution in [3.8, 4) is 11.1 Å². The van der Waals surface area contributed by atoms with Crippen LogP contribution < -0.4 is 16.0 Å². The largest absolute Gasteiger partial charge is 0.416 e. The Labute approximate surface area is 188 Å². The summed E-state index contributed by atoms with van der Waals surface area (Å²) in [6, 6.07) is 8.50. The number of benzene rings is 2. The zero-order valence-electron chi connectivity index (χ0n) is 17.8. The lowest BCUT2D eigenvalue weighted by Crippen LogP contribution is -2.55. The van der Waals surface area contributed by atoms with Crippen LogP contribution >= 0.6 is 0 Å². The Kier molecular flexibility index (Phi) is 6.11. The molecule has 174 valence electrons. The van der Waals surface area contributed by atoms with Gasteiger partial charge in [-0.15, -0.1) is 0 Å². The first-order valence-electron chi connectivity index (χ1n) is 10.5. The predicted molar refractivity (Wildman–Crippen MR) is 115 cm³/mol. The van der Waals surface area contributed by atoms with Crippen LogP contribution in [0.1, 0.15) is 28.8 Å². The molecule has 7 nitrogen and oxygen atoms in total. The maximum Gasteiger partial charge on any atom is 0.416 e. The van der Waals surface area contributed by atoms with Gasteiger partial charge in [0.1, 0.15) is 6.04 Å². The van der Waals surface area contributed by atoms with Gasteiger partial charge in [-0.25, -0.2) is 0 Å². The molecule has 2 atom stereocenters. The van der Waals surface area contributed by atoms with Crippen LogP contribution in [0.2, 0.25) is 0 Å². The van der Waals surface area contributed by atoms with Crippen molar-refractivity contribution in [2.75, 3.05) is 25.5 Å². The lowest BCUT2D eigenvalue weighted by Gasteiger charge is -2.37. The summed E-state index contributed by atoms with van der Waals surface area (Å²) in [5.74, 6) is -0.922. The Hall–Kier alpha value is -3.40. The van der Waals surface area contributed by atoms with E-state index in [0.717, 1.165) is 12.1 Å². The highest BCUT2D eigenvalue weighted by Gasteiger charge is 2.40. The number of nitrogens with one attached hydrogen (secondary N) is 3. The highest BCUT2D eigenvalue weighted by Crippen LogP contribution is 2.35. The minimum Gasteiger partial charge on any atom is -0.352 e. The van der Waals surface area contributed by atoms with Crippen LogP contribution in [0, 0.1) is 0 Å². The summed E-state index contributed by atoms with van der Waals surface area (Å²) in [6.07, 6.45) is -3.71. The number of amides is 3. The minimum absolute atomic E-state index is 0.153. The van der Waals surface area contributed by atoms with E-state index in [-0.39, 0.29) is 48.8 Å². The number of carbonyl (C=O) groups is 3. The number of piperidine rings is 1. The van der Waals surface area contributed by atoms with Gasteiger partial charge in [0.15, 0.2) is 0 Å². The predicted octanol–water partition coefficient (Wildman–Crippen LogP) is 2.63. The molecule has 0 radical (unpaired) electrons. The van der Waals surface area contributed by atoms with Gasteiger partial charge in [0.05, 0.1) is 23.4 Å². The molecule has 2 aliphatic rings. The normalized spacial score (nSPS) is 20.4. The molecule has 0 aliphatic carbocycles. The van der Waals surface area contributed by atoms with Crippen LogP contribution in [0.4, 0.5) is 18.9 Å². The Morgan fingerprint density at radius 2 is 1.91 bits per heavy atom. The van der Waals surface area contributed by atoms with Gasteiger partial charge in [-0.05, 0) is 55.3 Å². The number of carbonyl (C=O) groups excluding carboxylic acids is 3. The van der Waals surface area contributed by atoms with Crippen LogP contribution in [0.15, 0.2) is 42.5 Å². The van der Waals surface area contributed by atoms with Crippen LogP contribution in [-0.2, 0) is 15.8 Å². The molecule has 1 fully saturated rings. The average molecular weight is 460 g/mol. The van der Waals surface area contributed by atoms with Crippen molar-refractivity contribution >= 4 is 23.4 Å². The van der Waals surface area contributed by atoms with Gasteiger partial charge in [-0.3, -0.25) is 14.4 Å². The second kappa shape index (κ2) is 8.86. The number of fused-ring (bicyclic) bond motifs is 2. The number of halogens is 3. The number of nitrogens with zero attached hydrogens (tertiary/aromatic N) is 1. The summed E-state index contributed by atoms with van der Waals surface area (Å²) < 4.78 is 39.4. The van der Waals surface area contributed by atoms with E-state index in [1.54, 1.807) is 19.2 Å². The molecule has 10 heteroatoms. The average Bonchev–Trinajstić information content (AvgIpc) is 2.88. The SMILES string of the molecule is CNCC(=O)NC1CCN2C(=O)c3cc(-c4cccc(C(F)(F)F)c4)ccc3NC(=O)C2C1. The van der Waals surface area contributed by atoms with Crippen molar-refractivity contribution in [1.82, 2.24) is 15.5 Å². The zero-order valence-corrected chi connectivity index (χ0v) is 17.8. The Morgan fingerprint density at radius 3 is 2.64 bits per heavy atom. The molecule has 2 aromatic carbocycles. The molecular formula is C23H23F3N4O3. The number of likely N-dealkylation sites (N-methyl/N-ethyl adjacent to an activating group) is 1. The summed E-state index contributed by atoms with van der Waals surface area (Å²) in [5, 5.41) is 8.39. The van der Waals surface area contributed by atoms with Crippen molar-refractivity contribution in [1.29, 1.82) is 0 Å². The van der Waals surface area contributed by atoms with Gasteiger partial charge < -0.3 is 20.9 Å². The van der Waals surface area contributed by atoms with E-state index in [1.165, 1.54) is 23.1 Å². The second-order valence-corrected chi connectivity index (χ2v) is 8.16. The molecule has 2 aromatic rings. The minimum atomic E-state index is -4.48. The van der Waals surface area contributed by atoms with E-state index in [1.807, 2.05) is 0 Å². The van der Waals surface area contributed by atoms with E-state index in [4.69, 9.17) is 0 Å². The quantitative estimate of drug-likeness (QED) is 0.655. The summed E-state index contributed by atoms with van der Waals surface area (Å²) in [7, 11) is 1.66. The lowest BCUT2D eigenvalue weighted by atomic mass is 9.95. The van der Waals surface area contributed by atoms with Gasteiger partial charge in [0.25, 0.3) is 5.91 Å². The van der Waals surface area contributed by atoms with E-state index >= 15 is 0 Å². The Bertz CT molecular complexity index is 1100. The van der Waals surface area contributed by atoms with Gasteiger partial charge >= 0.3 is 6.18 Å². The fraction of sp³-hybridized carbons (Fsp3) is 0.348. The first kappa shape index (κ1) is 22.8. The van der Waals surface area contributed by atoms with Crippen LogP contribution in [0.25, 0.3) is 11.1 Å². The van der Waals surface area contributed by atoms with Crippen molar-refractivity contribution in [3.63, 3.8) is 0 Å². The van der Waals surface area contributed by atoms with Crippen molar-refractivity contribution < 1.29 is 27.6 Å². The third-order valence-electron chi connectivity index (χ3n) is 5.90. The van der Waals surface area contributed by atoms with Crippen LogP contribution in [0.5, 0.6) is 0 Å². The van der Waals surface area contributed by atoms with Crippen LogP contribution in [0.3, 0.4) is 0 Å². The van der Waals surface area contributed by atoms with Crippen molar-refractivity contribution in [3.05, 3.63) is 53.6 Å². The number of rotatable bonds is 4. The standard InChI is InChI=1S/C23H23F3N4O3/c1-27-12-20(31)28-16-7-8-30-19(11-16)21(32)29-18-6-5-14(10-17(18)22(30)33)13-3-2-4-15(9-13)23(24,25)26/h2-6,9-10,16,19,27H,7-8,11-12H2,1H3,(H,28,31)(H,29,32). The number of hydrogen-bond donors (Lipinski definition) is 3. The third-order valence-corrected chi connectivity index (χ3v) is 5.90. The molecule has 3 N–H and O–H groups in total. The maximum absolute atomic E-state index is 13.3. The fourth-order valence-corrected chi connectivity index (χ4v) is 4.28. The van der Waals surface area contributed by atoms with Gasteiger partial charge in [0, 0.05) is 12.6 Å². The fourth-order valence-electron chi connectivity index (χ4n) is 4.28. The molecule has 0 aromatic heterocycles. The Balaban J connectivity index is 1.61. The smallest absolute Gasteiger partial charge is 0.352 e. The molecule has 0 saturated carbocycles. The molecule has 3 amide bonds. The molecular weight excluding hydrogens is 437 g/mol. The van der Waals surface area contributed by atoms with Crippen molar-refractivity contribution in [2.45, 2.75) is 31.1 Å². The van der Waals surface area contributed by atoms with E-state index < -0.39 is 17.8 Å². The van der Waals surface area contributed by atoms with Crippen LogP contribution in [-0.4, -0.2) is 54.8 Å². The molecule has 2 heterocycles. The maximum atomic E-state index is 13.3. The number of anilines is 1. The number of alkyl halides is 3. The second-order valence-electron chi connectivity index (χ2n) is 8.16. The third kappa shape index (κ3) is 4.70. The molecule has 33 heavy (non-hydrogen) atoms.